The van der Waals surface area contributed by atoms with E-state index in [2.05, 4.69) is 36.6 Å². The number of H-pyrrole nitrogens is 1. The Kier molecular flexibility index (Phi) is 16.8. The molecule has 1 aromatic heterocycles. The van der Waals surface area contributed by atoms with Gasteiger partial charge in [0, 0.05) is 24.7 Å². The first-order chi connectivity index (χ1) is 22.9. The van der Waals surface area contributed by atoms with Crippen LogP contribution in [0.15, 0.2) is 12.5 Å². The number of aliphatic carboxylic acids is 3. The van der Waals surface area contributed by atoms with Crippen LogP contribution in [-0.2, 0) is 54.4 Å². The van der Waals surface area contributed by atoms with Crippen LogP contribution in [0.4, 0.5) is 0 Å². The largest absolute Gasteiger partial charge is 0.481 e. The zero-order valence-corrected chi connectivity index (χ0v) is 26.0. The van der Waals surface area contributed by atoms with Crippen molar-refractivity contribution in [2.75, 3.05) is 13.1 Å². The molecule has 1 rings (SSSR count). The molecule has 0 spiro atoms. The van der Waals surface area contributed by atoms with E-state index in [1.807, 2.05) is 5.32 Å². The first-order valence-corrected chi connectivity index (χ1v) is 14.3. The quantitative estimate of drug-likeness (QED) is 0.0536. The second-order valence-electron chi connectivity index (χ2n) is 10.4. The van der Waals surface area contributed by atoms with Crippen LogP contribution in [0.2, 0.25) is 0 Å². The Bertz CT molecular complexity index is 1400. The van der Waals surface area contributed by atoms with E-state index in [1.54, 1.807) is 0 Å². The molecule has 0 saturated carbocycles. The molecular formula is C26H38N10O13. The SMILES string of the molecule is C[C@H](NC(=O)CNC(=O)CNC(=O)[C@H](CC(N)=O)NC(=O)[C@H](CC(=O)O)NC(=O)[C@H](CCC(=O)O)NC(=O)[C@@H](N)Cc1cnc[nH]1)C(=O)O. The molecule has 23 nitrogen and oxygen atoms in total. The molecule has 23 heteroatoms. The molecule has 14 N–H and O–H groups in total. The number of carbonyl (C=O) groups is 10. The fraction of sp³-hybridized carbons (Fsp3) is 0.500. The van der Waals surface area contributed by atoms with E-state index in [9.17, 15) is 53.1 Å². The summed E-state index contributed by atoms with van der Waals surface area (Å²) < 4.78 is 0. The number of carbonyl (C=O) groups excluding carboxylic acids is 7. The van der Waals surface area contributed by atoms with Gasteiger partial charge in [-0.3, -0.25) is 47.9 Å². The maximum Gasteiger partial charge on any atom is 0.325 e. The molecule has 270 valence electrons. The van der Waals surface area contributed by atoms with Crippen LogP contribution < -0.4 is 43.4 Å². The summed E-state index contributed by atoms with van der Waals surface area (Å²) in [5, 5.41) is 39.8. The van der Waals surface area contributed by atoms with E-state index in [0.717, 1.165) is 0 Å². The number of nitrogens with one attached hydrogen (secondary N) is 7. The van der Waals surface area contributed by atoms with Crippen LogP contribution in [0.5, 0.6) is 0 Å². The van der Waals surface area contributed by atoms with Gasteiger partial charge in [0.15, 0.2) is 0 Å². The molecule has 0 fully saturated rings. The number of primary amides is 1. The van der Waals surface area contributed by atoms with Crippen molar-refractivity contribution in [1.82, 2.24) is 41.9 Å². The molecule has 7 amide bonds. The number of hydrogen-bond donors (Lipinski definition) is 12. The van der Waals surface area contributed by atoms with E-state index in [4.69, 9.17) is 21.7 Å². The van der Waals surface area contributed by atoms with Crippen molar-refractivity contribution in [3.63, 3.8) is 0 Å². The Morgan fingerprint density at radius 3 is 1.86 bits per heavy atom. The second-order valence-corrected chi connectivity index (χ2v) is 10.4. The number of hydrogen-bond acceptors (Lipinski definition) is 12. The van der Waals surface area contributed by atoms with E-state index >= 15 is 0 Å². The predicted molar refractivity (Wildman–Crippen MR) is 160 cm³/mol. The molecule has 0 aromatic carbocycles. The number of rotatable bonds is 22. The highest BCUT2D eigenvalue weighted by Crippen LogP contribution is 2.05. The predicted octanol–water partition coefficient (Wildman–Crippen LogP) is -6.23. The van der Waals surface area contributed by atoms with Crippen molar-refractivity contribution in [1.29, 1.82) is 0 Å². The fourth-order valence-electron chi connectivity index (χ4n) is 3.77. The van der Waals surface area contributed by atoms with Crippen LogP contribution >= 0.6 is 0 Å². The molecule has 1 aromatic rings. The first kappa shape index (κ1) is 40.9. The fourth-order valence-corrected chi connectivity index (χ4v) is 3.77. The molecular weight excluding hydrogens is 660 g/mol. The Morgan fingerprint density at radius 2 is 1.33 bits per heavy atom. The van der Waals surface area contributed by atoms with Crippen LogP contribution in [0.3, 0.4) is 0 Å². The minimum atomic E-state index is -1.94. The van der Waals surface area contributed by atoms with E-state index in [1.165, 1.54) is 19.4 Å². The van der Waals surface area contributed by atoms with Crippen molar-refractivity contribution in [3.8, 4) is 0 Å². The van der Waals surface area contributed by atoms with Crippen molar-refractivity contribution >= 4 is 59.3 Å². The standard InChI is InChI=1S/C26H38N10O13/c1-11(26(48)49)33-19(39)9-30-18(38)8-31-23(45)15(5-17(28)37)35-25(47)16(6-21(42)43)36-24(46)14(2-3-20(40)41)34-22(44)13(27)4-12-7-29-10-32-12/h7,10-11,13-16H,2-6,8-9,27H2,1H3,(H2,28,37)(H,29,32)(H,30,38)(H,31,45)(H,33,39)(H,34,44)(H,35,47)(H,36,46)(H,40,41)(H,42,43)(H,48,49)/t11-,13-,14-,15-,16-/m0/s1. The van der Waals surface area contributed by atoms with Gasteiger partial charge >= 0.3 is 17.9 Å². The Hall–Kier alpha value is -6.13. The summed E-state index contributed by atoms with van der Waals surface area (Å²) in [5.41, 5.74) is 11.5. The van der Waals surface area contributed by atoms with E-state index in [-0.39, 0.29) is 6.42 Å². The average molecular weight is 699 g/mol. The number of nitrogens with zero attached hydrogens (tertiary/aromatic N) is 1. The highest BCUT2D eigenvalue weighted by atomic mass is 16.4. The lowest BCUT2D eigenvalue weighted by Crippen LogP contribution is -2.59. The number of aromatic amines is 1. The summed E-state index contributed by atoms with van der Waals surface area (Å²) in [6.07, 6.45) is -0.381. The van der Waals surface area contributed by atoms with Crippen LogP contribution in [0, 0.1) is 0 Å². The molecule has 0 aliphatic rings. The smallest absolute Gasteiger partial charge is 0.325 e. The monoisotopic (exact) mass is 698 g/mol. The Balaban J connectivity index is 2.97. The molecule has 0 radical (unpaired) electrons. The minimum absolute atomic E-state index is 0.0461. The topological polar surface area (TPSA) is 384 Å². The van der Waals surface area contributed by atoms with Crippen molar-refractivity contribution in [2.45, 2.75) is 69.2 Å². The second kappa shape index (κ2) is 20.2. The van der Waals surface area contributed by atoms with Gasteiger partial charge < -0.3 is 63.7 Å². The van der Waals surface area contributed by atoms with Crippen molar-refractivity contribution in [2.24, 2.45) is 11.5 Å². The van der Waals surface area contributed by atoms with Gasteiger partial charge in [-0.05, 0) is 13.3 Å². The number of amides is 7. The summed E-state index contributed by atoms with van der Waals surface area (Å²) in [7, 11) is 0. The van der Waals surface area contributed by atoms with E-state index < -0.39 is 128 Å². The van der Waals surface area contributed by atoms with Crippen LogP contribution in [-0.4, -0.2) is 128 Å². The van der Waals surface area contributed by atoms with Crippen LogP contribution in [0.1, 0.15) is 38.3 Å². The lowest BCUT2D eigenvalue weighted by molar-refractivity contribution is -0.142. The Morgan fingerprint density at radius 1 is 0.755 bits per heavy atom. The van der Waals surface area contributed by atoms with Gasteiger partial charge in [0.25, 0.3) is 0 Å². The van der Waals surface area contributed by atoms with Gasteiger partial charge in [0.1, 0.15) is 24.2 Å². The van der Waals surface area contributed by atoms with Gasteiger partial charge in [-0.25, -0.2) is 4.98 Å². The first-order valence-electron chi connectivity index (χ1n) is 14.3. The maximum atomic E-state index is 13.1. The Labute approximate surface area is 276 Å². The molecule has 0 unspecified atom stereocenters. The average Bonchev–Trinajstić information content (AvgIpc) is 3.52. The van der Waals surface area contributed by atoms with Crippen molar-refractivity contribution in [3.05, 3.63) is 18.2 Å². The molecule has 1 heterocycles. The van der Waals surface area contributed by atoms with Crippen molar-refractivity contribution < 1.29 is 63.3 Å². The summed E-state index contributed by atoms with van der Waals surface area (Å²) in [6, 6.07) is -7.83. The molecule has 49 heavy (non-hydrogen) atoms. The zero-order valence-electron chi connectivity index (χ0n) is 26.0. The number of aromatic nitrogens is 2. The zero-order chi connectivity index (χ0) is 37.3. The molecule has 0 bridgehead atoms. The third-order valence-corrected chi connectivity index (χ3v) is 6.28. The van der Waals surface area contributed by atoms with Crippen LogP contribution in [0.25, 0.3) is 0 Å². The van der Waals surface area contributed by atoms with Gasteiger partial charge in [-0.2, -0.15) is 0 Å². The highest BCUT2D eigenvalue weighted by molar-refractivity contribution is 5.98. The molecule has 0 saturated heterocycles. The number of nitrogens with two attached hydrogens (primary N) is 2. The normalized spacial score (nSPS) is 13.6. The summed E-state index contributed by atoms with van der Waals surface area (Å²) >= 11 is 0. The maximum absolute atomic E-state index is 13.1. The summed E-state index contributed by atoms with van der Waals surface area (Å²) in [6.45, 7) is -0.276. The minimum Gasteiger partial charge on any atom is -0.481 e. The summed E-state index contributed by atoms with van der Waals surface area (Å²) in [5.74, 6) is -11.7. The molecule has 5 atom stereocenters. The lowest BCUT2D eigenvalue weighted by Gasteiger charge is -2.25. The third-order valence-electron chi connectivity index (χ3n) is 6.28. The lowest BCUT2D eigenvalue weighted by atomic mass is 10.1. The van der Waals surface area contributed by atoms with Gasteiger partial charge in [0.05, 0.1) is 38.3 Å². The summed E-state index contributed by atoms with van der Waals surface area (Å²) in [4.78, 5) is 127. The number of carboxylic acid groups (broad SMARTS) is 3. The highest BCUT2D eigenvalue weighted by Gasteiger charge is 2.32. The number of carboxylic acids is 3. The van der Waals surface area contributed by atoms with Gasteiger partial charge in [0.2, 0.25) is 41.4 Å². The van der Waals surface area contributed by atoms with Gasteiger partial charge in [-0.15, -0.1) is 0 Å². The van der Waals surface area contributed by atoms with E-state index in [0.29, 0.717) is 5.69 Å². The third kappa shape index (κ3) is 16.3. The molecule has 0 aliphatic carbocycles. The molecule has 0 aliphatic heterocycles. The number of imidazole rings is 1. The van der Waals surface area contributed by atoms with Gasteiger partial charge in [-0.1, -0.05) is 0 Å².